The van der Waals surface area contributed by atoms with Gasteiger partial charge in [-0.05, 0) is 68.2 Å². The molecule has 0 unspecified atom stereocenters. The molecule has 2 aromatic rings. The zero-order valence-corrected chi connectivity index (χ0v) is 16.9. The molecule has 0 spiro atoms. The quantitative estimate of drug-likeness (QED) is 0.305. The summed E-state index contributed by atoms with van der Waals surface area (Å²) in [4.78, 5) is 23.9. The fraction of sp³-hybridized carbons (Fsp3) is 0.261. The summed E-state index contributed by atoms with van der Waals surface area (Å²) < 4.78 is 15.8. The first-order valence-corrected chi connectivity index (χ1v) is 9.15. The molecule has 0 aliphatic heterocycles. The lowest BCUT2D eigenvalue weighted by Gasteiger charge is -2.13. The maximum Gasteiger partial charge on any atom is 0.349 e. The smallest absolute Gasteiger partial charge is 0.349 e. The highest BCUT2D eigenvalue weighted by Crippen LogP contribution is 2.25. The highest BCUT2D eigenvalue weighted by atomic mass is 16.6. The number of rotatable bonds is 7. The van der Waals surface area contributed by atoms with Crippen molar-refractivity contribution in [1.82, 2.24) is 0 Å². The minimum Gasteiger partial charge on any atom is -0.481 e. The molecule has 0 aliphatic rings. The zero-order chi connectivity index (χ0) is 21.4. The van der Waals surface area contributed by atoms with Gasteiger partial charge in [0.25, 0.3) is 0 Å². The van der Waals surface area contributed by atoms with E-state index in [0.717, 1.165) is 16.7 Å². The maximum atomic E-state index is 12.2. The van der Waals surface area contributed by atoms with Crippen LogP contribution in [0.3, 0.4) is 0 Å². The molecule has 29 heavy (non-hydrogen) atoms. The van der Waals surface area contributed by atoms with Crippen LogP contribution in [0.1, 0.15) is 29.2 Å². The van der Waals surface area contributed by atoms with Gasteiger partial charge in [0.15, 0.2) is 6.61 Å². The molecule has 0 fully saturated rings. The van der Waals surface area contributed by atoms with Crippen molar-refractivity contribution in [2.75, 3.05) is 13.2 Å². The van der Waals surface area contributed by atoms with Gasteiger partial charge in [-0.1, -0.05) is 24.3 Å². The fourth-order valence-corrected chi connectivity index (χ4v) is 2.62. The summed E-state index contributed by atoms with van der Waals surface area (Å²) in [6.45, 7) is 7.43. The molecule has 6 heteroatoms. The van der Waals surface area contributed by atoms with Crippen LogP contribution in [0.15, 0.2) is 42.0 Å². The highest BCUT2D eigenvalue weighted by molar-refractivity contribution is 5.97. The van der Waals surface area contributed by atoms with Crippen LogP contribution in [-0.4, -0.2) is 25.2 Å². The van der Waals surface area contributed by atoms with Crippen molar-refractivity contribution in [1.29, 1.82) is 5.26 Å². The summed E-state index contributed by atoms with van der Waals surface area (Å²) in [5.74, 6) is -0.301. The molecular formula is C23H23NO5. The second-order valence-corrected chi connectivity index (χ2v) is 6.38. The molecule has 0 bridgehead atoms. The molecule has 0 saturated carbocycles. The molecule has 0 heterocycles. The summed E-state index contributed by atoms with van der Waals surface area (Å²) in [6.07, 6.45) is 1.38. The summed E-state index contributed by atoms with van der Waals surface area (Å²) in [5, 5.41) is 9.12. The number of carbonyl (C=O) groups excluding carboxylic acids is 2. The number of hydrogen-bond donors (Lipinski definition) is 0. The predicted octanol–water partition coefficient (Wildman–Crippen LogP) is 4.07. The lowest BCUT2D eigenvalue weighted by atomic mass is 10.1. The maximum absolute atomic E-state index is 12.2. The van der Waals surface area contributed by atoms with Gasteiger partial charge >= 0.3 is 11.9 Å². The first-order chi connectivity index (χ1) is 13.8. The summed E-state index contributed by atoms with van der Waals surface area (Å²) in [7, 11) is 0. The van der Waals surface area contributed by atoms with Crippen molar-refractivity contribution in [2.45, 2.75) is 27.7 Å². The van der Waals surface area contributed by atoms with E-state index in [1.54, 1.807) is 31.2 Å². The Morgan fingerprint density at radius 3 is 2.52 bits per heavy atom. The van der Waals surface area contributed by atoms with E-state index in [2.05, 4.69) is 0 Å². The Morgan fingerprint density at radius 2 is 1.83 bits per heavy atom. The van der Waals surface area contributed by atoms with Crippen molar-refractivity contribution in [3.63, 3.8) is 0 Å². The lowest BCUT2D eigenvalue weighted by molar-refractivity contribution is -0.138. The molecule has 0 aliphatic carbocycles. The third kappa shape index (κ3) is 5.94. The van der Waals surface area contributed by atoms with E-state index in [1.807, 2.05) is 39.0 Å². The molecule has 0 amide bonds. The molecule has 0 aromatic heterocycles. The molecule has 2 rings (SSSR count). The van der Waals surface area contributed by atoms with Crippen molar-refractivity contribution >= 4 is 18.0 Å². The van der Waals surface area contributed by atoms with Crippen LogP contribution in [0.2, 0.25) is 0 Å². The summed E-state index contributed by atoms with van der Waals surface area (Å²) >= 11 is 0. The van der Waals surface area contributed by atoms with Crippen LogP contribution < -0.4 is 9.47 Å². The van der Waals surface area contributed by atoms with Gasteiger partial charge in [0, 0.05) is 0 Å². The number of hydrogen-bond acceptors (Lipinski definition) is 6. The number of benzene rings is 2. The topological polar surface area (TPSA) is 85.6 Å². The monoisotopic (exact) mass is 393 g/mol. The lowest BCUT2D eigenvalue weighted by Crippen LogP contribution is -2.18. The fourth-order valence-electron chi connectivity index (χ4n) is 2.62. The van der Waals surface area contributed by atoms with Crippen LogP contribution in [-0.2, 0) is 14.3 Å². The number of esters is 2. The summed E-state index contributed by atoms with van der Waals surface area (Å²) in [5.41, 5.74) is 3.40. The number of aryl methyl sites for hydroxylation is 2. The Labute approximate surface area is 170 Å². The Balaban J connectivity index is 2.07. The molecular weight excluding hydrogens is 370 g/mol. The zero-order valence-electron chi connectivity index (χ0n) is 16.9. The van der Waals surface area contributed by atoms with Gasteiger partial charge < -0.3 is 14.2 Å². The molecule has 6 nitrogen and oxygen atoms in total. The van der Waals surface area contributed by atoms with E-state index >= 15 is 0 Å². The third-order valence-corrected chi connectivity index (χ3v) is 4.22. The number of nitriles is 1. The molecule has 150 valence electrons. The van der Waals surface area contributed by atoms with Crippen LogP contribution >= 0.6 is 0 Å². The van der Waals surface area contributed by atoms with E-state index in [-0.39, 0.29) is 24.5 Å². The third-order valence-electron chi connectivity index (χ3n) is 4.22. The normalized spacial score (nSPS) is 10.8. The summed E-state index contributed by atoms with van der Waals surface area (Å²) in [6, 6.07) is 12.2. The van der Waals surface area contributed by atoms with Crippen LogP contribution in [0, 0.1) is 32.1 Å². The largest absolute Gasteiger partial charge is 0.481 e. The van der Waals surface area contributed by atoms with Crippen molar-refractivity contribution in [3.05, 3.63) is 64.2 Å². The van der Waals surface area contributed by atoms with Crippen molar-refractivity contribution < 1.29 is 23.8 Å². The van der Waals surface area contributed by atoms with Crippen LogP contribution in [0.25, 0.3) is 6.08 Å². The van der Waals surface area contributed by atoms with E-state index in [4.69, 9.17) is 19.5 Å². The molecule has 0 N–H and O–H groups in total. The van der Waals surface area contributed by atoms with E-state index in [1.165, 1.54) is 6.08 Å². The van der Waals surface area contributed by atoms with Crippen molar-refractivity contribution in [3.8, 4) is 17.6 Å². The van der Waals surface area contributed by atoms with Crippen molar-refractivity contribution in [2.24, 2.45) is 0 Å². The van der Waals surface area contributed by atoms with E-state index in [0.29, 0.717) is 11.3 Å². The minimum absolute atomic E-state index is 0.135. The average Bonchev–Trinajstić information content (AvgIpc) is 2.69. The first-order valence-electron chi connectivity index (χ1n) is 9.15. The van der Waals surface area contributed by atoms with Gasteiger partial charge in [-0.15, -0.1) is 0 Å². The van der Waals surface area contributed by atoms with Gasteiger partial charge in [-0.3, -0.25) is 0 Å². The van der Waals surface area contributed by atoms with Gasteiger partial charge in [0.05, 0.1) is 6.61 Å². The molecule has 0 radical (unpaired) electrons. The van der Waals surface area contributed by atoms with Gasteiger partial charge in [-0.2, -0.15) is 5.26 Å². The second-order valence-electron chi connectivity index (χ2n) is 6.38. The molecule has 0 saturated heterocycles. The second kappa shape index (κ2) is 10.1. The number of carbonyl (C=O) groups is 2. The average molecular weight is 393 g/mol. The van der Waals surface area contributed by atoms with Gasteiger partial charge in [-0.25, -0.2) is 9.59 Å². The predicted molar refractivity (Wildman–Crippen MR) is 108 cm³/mol. The van der Waals surface area contributed by atoms with E-state index in [9.17, 15) is 9.59 Å². The standard InChI is InChI=1S/C23H23NO5/c1-5-27-23(26)19(13-24)11-18-7-6-8-20(12-18)29-21(25)14-28-22-16(3)10-9-15(2)17(22)4/h6-12H,5,14H2,1-4H3/b19-11+. The van der Waals surface area contributed by atoms with E-state index < -0.39 is 11.9 Å². The SMILES string of the molecule is CCOC(=O)/C(C#N)=C/c1cccc(OC(=O)COc2c(C)ccc(C)c2C)c1. The first kappa shape index (κ1) is 21.7. The van der Waals surface area contributed by atoms with Crippen LogP contribution in [0.5, 0.6) is 11.5 Å². The Kier molecular flexibility index (Phi) is 7.55. The Bertz CT molecular complexity index is 985. The van der Waals surface area contributed by atoms with Gasteiger partial charge in [0.2, 0.25) is 0 Å². The highest BCUT2D eigenvalue weighted by Gasteiger charge is 2.12. The molecule has 2 aromatic carbocycles. The minimum atomic E-state index is -0.699. The number of ether oxygens (including phenoxy) is 3. The Morgan fingerprint density at radius 1 is 1.10 bits per heavy atom. The van der Waals surface area contributed by atoms with Crippen LogP contribution in [0.4, 0.5) is 0 Å². The van der Waals surface area contributed by atoms with Gasteiger partial charge in [0.1, 0.15) is 23.1 Å². The molecule has 0 atom stereocenters. The number of nitrogens with zero attached hydrogens (tertiary/aromatic N) is 1. The Hall–Kier alpha value is -3.59.